The van der Waals surface area contributed by atoms with Crippen molar-refractivity contribution in [1.29, 1.82) is 0 Å². The number of aliphatic hydroxyl groups is 1. The Morgan fingerprint density at radius 3 is 2.81 bits per heavy atom. The highest BCUT2D eigenvalue weighted by Gasteiger charge is 2.39. The molecule has 0 bridgehead atoms. The zero-order valence-electron chi connectivity index (χ0n) is 15.0. The third kappa shape index (κ3) is 3.82. The Labute approximate surface area is 159 Å². The molecular formula is C18H22BrN3O4. The van der Waals surface area contributed by atoms with Crippen molar-refractivity contribution in [3.05, 3.63) is 38.7 Å². The second kappa shape index (κ2) is 7.09. The highest BCUT2D eigenvalue weighted by molar-refractivity contribution is 9.10. The highest BCUT2D eigenvalue weighted by atomic mass is 79.9. The first kappa shape index (κ1) is 19.0. The van der Waals surface area contributed by atoms with E-state index in [1.807, 2.05) is 13.0 Å². The van der Waals surface area contributed by atoms with Crippen LogP contribution in [0.5, 0.6) is 0 Å². The summed E-state index contributed by atoms with van der Waals surface area (Å²) in [6.07, 6.45) is 0.695. The third-order valence-corrected chi connectivity index (χ3v) is 5.21. The van der Waals surface area contributed by atoms with E-state index < -0.39 is 5.60 Å². The number of halogens is 1. The Kier molecular flexibility index (Phi) is 5.18. The smallest absolute Gasteiger partial charge is 0.275 e. The van der Waals surface area contributed by atoms with Crippen molar-refractivity contribution in [2.45, 2.75) is 51.0 Å². The Morgan fingerprint density at radius 2 is 2.19 bits per heavy atom. The van der Waals surface area contributed by atoms with Crippen LogP contribution in [0.4, 0.5) is 0 Å². The van der Waals surface area contributed by atoms with Crippen molar-refractivity contribution >= 4 is 32.6 Å². The monoisotopic (exact) mass is 423 g/mol. The Bertz CT molecular complexity index is 901. The van der Waals surface area contributed by atoms with E-state index in [0.29, 0.717) is 29.3 Å². The van der Waals surface area contributed by atoms with Gasteiger partial charge in [0.2, 0.25) is 5.91 Å². The maximum absolute atomic E-state index is 12.7. The van der Waals surface area contributed by atoms with Crippen LogP contribution in [-0.2, 0) is 16.1 Å². The molecule has 26 heavy (non-hydrogen) atoms. The molecule has 1 atom stereocenters. The third-order valence-electron chi connectivity index (χ3n) is 4.72. The molecule has 7 nitrogen and oxygen atoms in total. The Morgan fingerprint density at radius 1 is 1.50 bits per heavy atom. The van der Waals surface area contributed by atoms with Crippen molar-refractivity contribution in [1.82, 2.24) is 15.1 Å². The molecule has 1 fully saturated rings. The standard InChI is InChI=1S/C18H22BrN3O4/c1-10(26-3)16-14-6-11(19)4-5-13(14)17(24)22(21-16)9-15(23)20-12-7-18(2,25)8-12/h4-6,10,12,25H,7-9H2,1-3H3,(H,20,23). The van der Waals surface area contributed by atoms with Gasteiger partial charge in [-0.1, -0.05) is 15.9 Å². The molecule has 0 saturated heterocycles. The lowest BCUT2D eigenvalue weighted by Crippen LogP contribution is -2.54. The van der Waals surface area contributed by atoms with Crippen molar-refractivity contribution in [3.8, 4) is 0 Å². The SMILES string of the molecule is COC(C)c1nn(CC(=O)NC2CC(C)(O)C2)c(=O)c2ccc(Br)cc12. The second-order valence-corrected chi connectivity index (χ2v) is 8.00. The summed E-state index contributed by atoms with van der Waals surface area (Å²) in [7, 11) is 1.57. The number of fused-ring (bicyclic) bond motifs is 1. The second-order valence-electron chi connectivity index (χ2n) is 7.09. The Balaban J connectivity index is 1.91. The number of carbonyl (C=O) groups excluding carboxylic acids is 1. The first-order valence-corrected chi connectivity index (χ1v) is 9.24. The summed E-state index contributed by atoms with van der Waals surface area (Å²) >= 11 is 3.41. The van der Waals surface area contributed by atoms with E-state index in [2.05, 4.69) is 26.3 Å². The fraction of sp³-hybridized carbons (Fsp3) is 0.500. The number of hydrogen-bond donors (Lipinski definition) is 2. The van der Waals surface area contributed by atoms with E-state index >= 15 is 0 Å². The lowest BCUT2D eigenvalue weighted by molar-refractivity contribution is -0.125. The fourth-order valence-corrected chi connectivity index (χ4v) is 3.68. The molecule has 0 radical (unpaired) electrons. The van der Waals surface area contributed by atoms with Gasteiger partial charge >= 0.3 is 0 Å². The number of carbonyl (C=O) groups is 1. The lowest BCUT2D eigenvalue weighted by atomic mass is 9.77. The van der Waals surface area contributed by atoms with Crippen molar-refractivity contribution in [2.24, 2.45) is 0 Å². The van der Waals surface area contributed by atoms with Gasteiger partial charge in [-0.25, -0.2) is 4.68 Å². The average Bonchev–Trinajstić information content (AvgIpc) is 2.54. The summed E-state index contributed by atoms with van der Waals surface area (Å²) in [5, 5.41) is 18.2. The molecule has 1 unspecified atom stereocenters. The molecule has 8 heteroatoms. The van der Waals surface area contributed by atoms with Crippen LogP contribution in [0.2, 0.25) is 0 Å². The number of amides is 1. The number of benzene rings is 1. The molecule has 1 heterocycles. The van der Waals surface area contributed by atoms with Gasteiger partial charge in [-0.15, -0.1) is 0 Å². The number of aromatic nitrogens is 2. The molecule has 3 rings (SSSR count). The maximum atomic E-state index is 12.7. The van der Waals surface area contributed by atoms with Crippen LogP contribution < -0.4 is 10.9 Å². The maximum Gasteiger partial charge on any atom is 0.275 e. The van der Waals surface area contributed by atoms with Crippen molar-refractivity contribution in [3.63, 3.8) is 0 Å². The number of methoxy groups -OCH3 is 1. The van der Waals surface area contributed by atoms with Gasteiger partial charge in [-0.05, 0) is 44.9 Å². The van der Waals surface area contributed by atoms with Gasteiger partial charge in [-0.2, -0.15) is 5.10 Å². The van der Waals surface area contributed by atoms with Crippen LogP contribution in [0, 0.1) is 0 Å². The van der Waals surface area contributed by atoms with Gasteiger partial charge in [0, 0.05) is 23.0 Å². The van der Waals surface area contributed by atoms with Gasteiger partial charge in [0.05, 0.1) is 22.8 Å². The first-order valence-electron chi connectivity index (χ1n) is 8.45. The molecule has 2 N–H and O–H groups in total. The van der Waals surface area contributed by atoms with E-state index in [1.54, 1.807) is 26.2 Å². The lowest BCUT2D eigenvalue weighted by Gasteiger charge is -2.41. The minimum atomic E-state index is -0.718. The fourth-order valence-electron chi connectivity index (χ4n) is 3.32. The normalized spacial score (nSPS) is 23.5. The summed E-state index contributed by atoms with van der Waals surface area (Å²) in [4.78, 5) is 25.0. The van der Waals surface area contributed by atoms with Crippen LogP contribution in [0.3, 0.4) is 0 Å². The number of nitrogens with one attached hydrogen (secondary N) is 1. The van der Waals surface area contributed by atoms with Gasteiger partial charge in [0.1, 0.15) is 6.54 Å². The molecular weight excluding hydrogens is 402 g/mol. The Hall–Kier alpha value is -1.77. The average molecular weight is 424 g/mol. The van der Waals surface area contributed by atoms with Gasteiger partial charge in [-0.3, -0.25) is 9.59 Å². The molecule has 0 spiro atoms. The molecule has 140 valence electrons. The molecule has 1 saturated carbocycles. The van der Waals surface area contributed by atoms with E-state index in [0.717, 1.165) is 4.47 Å². The highest BCUT2D eigenvalue weighted by Crippen LogP contribution is 2.31. The first-order chi connectivity index (χ1) is 12.2. The molecule has 1 amide bonds. The summed E-state index contributed by atoms with van der Waals surface area (Å²) < 4.78 is 7.39. The molecule has 0 aliphatic heterocycles. The van der Waals surface area contributed by atoms with E-state index in [1.165, 1.54) is 4.68 Å². The molecule has 1 aliphatic rings. The minimum Gasteiger partial charge on any atom is -0.390 e. The predicted octanol–water partition coefficient (Wildman–Crippen LogP) is 1.90. The zero-order chi connectivity index (χ0) is 19.1. The van der Waals surface area contributed by atoms with E-state index in [-0.39, 0.29) is 30.2 Å². The zero-order valence-corrected chi connectivity index (χ0v) is 16.5. The van der Waals surface area contributed by atoms with E-state index in [4.69, 9.17) is 4.74 Å². The molecule has 1 aliphatic carbocycles. The number of hydrogen-bond acceptors (Lipinski definition) is 5. The van der Waals surface area contributed by atoms with Gasteiger partial charge < -0.3 is 15.2 Å². The van der Waals surface area contributed by atoms with Gasteiger partial charge in [0.25, 0.3) is 5.56 Å². The number of ether oxygens (including phenoxy) is 1. The largest absolute Gasteiger partial charge is 0.390 e. The summed E-state index contributed by atoms with van der Waals surface area (Å²) in [5.74, 6) is -0.299. The minimum absolute atomic E-state index is 0.0676. The van der Waals surface area contributed by atoms with Crippen molar-refractivity contribution in [2.75, 3.05) is 7.11 Å². The molecule has 1 aromatic carbocycles. The quantitative estimate of drug-likeness (QED) is 0.765. The summed E-state index contributed by atoms with van der Waals surface area (Å²) in [6.45, 7) is 3.41. The predicted molar refractivity (Wildman–Crippen MR) is 101 cm³/mol. The van der Waals surface area contributed by atoms with Crippen LogP contribution in [0.25, 0.3) is 10.8 Å². The van der Waals surface area contributed by atoms with E-state index in [9.17, 15) is 14.7 Å². The molecule has 2 aromatic rings. The van der Waals surface area contributed by atoms with Crippen LogP contribution in [0.15, 0.2) is 27.5 Å². The van der Waals surface area contributed by atoms with Crippen LogP contribution in [-0.4, -0.2) is 39.5 Å². The summed E-state index contributed by atoms with van der Waals surface area (Å²) in [5.41, 5.74) is -0.442. The van der Waals surface area contributed by atoms with Crippen molar-refractivity contribution < 1.29 is 14.6 Å². The number of rotatable bonds is 5. The number of nitrogens with zero attached hydrogens (tertiary/aromatic N) is 2. The summed E-state index contributed by atoms with van der Waals surface area (Å²) in [6, 6.07) is 5.26. The van der Waals surface area contributed by atoms with Crippen LogP contribution in [0.1, 0.15) is 38.5 Å². The van der Waals surface area contributed by atoms with Crippen LogP contribution >= 0.6 is 15.9 Å². The van der Waals surface area contributed by atoms with Gasteiger partial charge in [0.15, 0.2) is 0 Å². The molecule has 1 aromatic heterocycles. The topological polar surface area (TPSA) is 93.5 Å².